The number of halogens is 1. The van der Waals surface area contributed by atoms with E-state index in [1.165, 1.54) is 16.4 Å². The van der Waals surface area contributed by atoms with Gasteiger partial charge in [-0.15, -0.1) is 6.58 Å². The van der Waals surface area contributed by atoms with E-state index in [-0.39, 0.29) is 11.4 Å². The molecule has 0 aliphatic rings. The fourth-order valence-corrected chi connectivity index (χ4v) is 3.70. The fraction of sp³-hybridized carbons (Fsp3) is 0.385. The Morgan fingerprint density at radius 2 is 2.00 bits per heavy atom. The molecule has 0 saturated heterocycles. The van der Waals surface area contributed by atoms with Gasteiger partial charge in [-0.2, -0.15) is 4.31 Å². The van der Waals surface area contributed by atoms with Crippen molar-refractivity contribution in [3.05, 3.63) is 35.3 Å². The number of hydrogen-bond donors (Lipinski definition) is 1. The van der Waals surface area contributed by atoms with Gasteiger partial charge in [-0.1, -0.05) is 6.08 Å². The molecule has 1 rings (SSSR count). The van der Waals surface area contributed by atoms with Crippen LogP contribution in [0.25, 0.3) is 0 Å². The van der Waals surface area contributed by atoms with Gasteiger partial charge in [0.1, 0.15) is 0 Å². The second kappa shape index (κ2) is 5.64. The molecule has 0 bridgehead atoms. The highest BCUT2D eigenvalue weighted by Gasteiger charge is 2.33. The maximum Gasteiger partial charge on any atom is 0.243 e. The van der Waals surface area contributed by atoms with Gasteiger partial charge in [0.2, 0.25) is 10.0 Å². The first kappa shape index (κ1) is 16.2. The Balaban J connectivity index is 3.34. The number of nitrogens with two attached hydrogens (primary N) is 1. The van der Waals surface area contributed by atoms with Crippen LogP contribution in [0.3, 0.4) is 0 Å². The highest BCUT2D eigenvalue weighted by atomic mass is 79.9. The summed E-state index contributed by atoms with van der Waals surface area (Å²) in [5, 5.41) is 0. The average Bonchev–Trinajstić information content (AvgIpc) is 2.27. The summed E-state index contributed by atoms with van der Waals surface area (Å²) in [6.07, 6.45) is 1.57. The summed E-state index contributed by atoms with van der Waals surface area (Å²) in [7, 11) is -3.60. The summed E-state index contributed by atoms with van der Waals surface area (Å²) in [6.45, 7) is 9.40. The minimum Gasteiger partial charge on any atom is -0.398 e. The molecule has 0 spiro atoms. The standard InChI is InChI=1S/C13H19BrN2O2S/c1-5-8-16(13(2,3)4)19(17,18)10-6-7-11(14)12(15)9-10/h5-7,9H,1,8,15H2,2-4H3. The zero-order valence-electron chi connectivity index (χ0n) is 11.4. The molecular formula is C13H19BrN2O2S. The summed E-state index contributed by atoms with van der Waals surface area (Å²) >= 11 is 3.25. The number of sulfonamides is 1. The molecule has 0 aliphatic carbocycles. The number of benzene rings is 1. The van der Waals surface area contributed by atoms with Crippen molar-refractivity contribution in [1.82, 2.24) is 4.31 Å². The Labute approximate surface area is 123 Å². The molecule has 1 aromatic rings. The van der Waals surface area contributed by atoms with Crippen molar-refractivity contribution in [3.63, 3.8) is 0 Å². The Morgan fingerprint density at radius 3 is 2.42 bits per heavy atom. The van der Waals surface area contributed by atoms with Crippen LogP contribution >= 0.6 is 15.9 Å². The fourth-order valence-electron chi connectivity index (χ4n) is 1.66. The molecule has 19 heavy (non-hydrogen) atoms. The summed E-state index contributed by atoms with van der Waals surface area (Å²) in [6, 6.07) is 4.63. The lowest BCUT2D eigenvalue weighted by Gasteiger charge is -2.33. The molecule has 6 heteroatoms. The lowest BCUT2D eigenvalue weighted by atomic mass is 10.1. The molecule has 0 unspecified atom stereocenters. The number of rotatable bonds is 4. The second-order valence-electron chi connectivity index (χ2n) is 5.18. The quantitative estimate of drug-likeness (QED) is 0.673. The van der Waals surface area contributed by atoms with Crippen molar-refractivity contribution in [1.29, 1.82) is 0 Å². The Kier molecular flexibility index (Phi) is 4.81. The van der Waals surface area contributed by atoms with E-state index in [4.69, 9.17) is 5.73 Å². The van der Waals surface area contributed by atoms with Gasteiger partial charge >= 0.3 is 0 Å². The largest absolute Gasteiger partial charge is 0.398 e. The van der Waals surface area contributed by atoms with Gasteiger partial charge in [-0.3, -0.25) is 0 Å². The number of anilines is 1. The molecule has 0 saturated carbocycles. The van der Waals surface area contributed by atoms with Crippen LogP contribution in [0.15, 0.2) is 40.2 Å². The van der Waals surface area contributed by atoms with E-state index in [0.717, 1.165) is 0 Å². The summed E-state index contributed by atoms with van der Waals surface area (Å²) in [5.41, 5.74) is 5.61. The first-order chi connectivity index (χ1) is 8.60. The van der Waals surface area contributed by atoms with Crippen molar-refractivity contribution < 1.29 is 8.42 Å². The maximum absolute atomic E-state index is 12.6. The van der Waals surface area contributed by atoms with Gasteiger partial charge in [0, 0.05) is 22.2 Å². The predicted molar refractivity (Wildman–Crippen MR) is 82.4 cm³/mol. The molecule has 1 aromatic carbocycles. The van der Waals surface area contributed by atoms with E-state index >= 15 is 0 Å². The lowest BCUT2D eigenvalue weighted by Crippen LogP contribution is -2.45. The second-order valence-corrected chi connectivity index (χ2v) is 7.90. The summed E-state index contributed by atoms with van der Waals surface area (Å²) < 4.78 is 27.4. The zero-order chi connectivity index (χ0) is 14.8. The SMILES string of the molecule is C=CCN(C(C)(C)C)S(=O)(=O)c1ccc(Br)c(N)c1. The molecular weight excluding hydrogens is 328 g/mol. The highest BCUT2D eigenvalue weighted by molar-refractivity contribution is 9.10. The number of nitrogen functional groups attached to an aromatic ring is 1. The Hall–Kier alpha value is -0.850. The normalized spacial score (nSPS) is 12.7. The van der Waals surface area contributed by atoms with Crippen LogP contribution in [-0.2, 0) is 10.0 Å². The third kappa shape index (κ3) is 3.58. The highest BCUT2D eigenvalue weighted by Crippen LogP contribution is 2.28. The average molecular weight is 347 g/mol. The van der Waals surface area contributed by atoms with Gasteiger partial charge in [0.05, 0.1) is 4.90 Å². The van der Waals surface area contributed by atoms with Crippen LogP contribution in [0.2, 0.25) is 0 Å². The van der Waals surface area contributed by atoms with Crippen molar-refractivity contribution in [3.8, 4) is 0 Å². The topological polar surface area (TPSA) is 63.4 Å². The molecule has 0 amide bonds. The van der Waals surface area contributed by atoms with Gasteiger partial charge in [0.15, 0.2) is 0 Å². The van der Waals surface area contributed by atoms with Crippen LogP contribution in [0, 0.1) is 0 Å². The molecule has 0 aromatic heterocycles. The third-order valence-electron chi connectivity index (χ3n) is 2.60. The van der Waals surface area contributed by atoms with Gasteiger partial charge < -0.3 is 5.73 Å². The molecule has 2 N–H and O–H groups in total. The molecule has 0 atom stereocenters. The minimum absolute atomic E-state index is 0.185. The lowest BCUT2D eigenvalue weighted by molar-refractivity contribution is 0.270. The van der Waals surface area contributed by atoms with Gasteiger partial charge in [0.25, 0.3) is 0 Å². The molecule has 106 valence electrons. The van der Waals surface area contributed by atoms with Crippen LogP contribution < -0.4 is 5.73 Å². The van der Waals surface area contributed by atoms with Gasteiger partial charge in [-0.25, -0.2) is 8.42 Å². The van der Waals surface area contributed by atoms with E-state index in [9.17, 15) is 8.42 Å². The first-order valence-electron chi connectivity index (χ1n) is 5.79. The van der Waals surface area contributed by atoms with E-state index in [1.807, 2.05) is 20.8 Å². The first-order valence-corrected chi connectivity index (χ1v) is 8.03. The Morgan fingerprint density at radius 1 is 1.42 bits per heavy atom. The van der Waals surface area contributed by atoms with E-state index in [2.05, 4.69) is 22.5 Å². The molecule has 0 fully saturated rings. The number of hydrogen-bond acceptors (Lipinski definition) is 3. The van der Waals surface area contributed by atoms with Crippen LogP contribution in [0.5, 0.6) is 0 Å². The maximum atomic E-state index is 12.6. The van der Waals surface area contributed by atoms with Crippen LogP contribution in [0.4, 0.5) is 5.69 Å². The monoisotopic (exact) mass is 346 g/mol. The van der Waals surface area contributed by atoms with E-state index in [0.29, 0.717) is 10.2 Å². The minimum atomic E-state index is -3.60. The zero-order valence-corrected chi connectivity index (χ0v) is 13.8. The van der Waals surface area contributed by atoms with Crippen molar-refractivity contribution in [2.45, 2.75) is 31.2 Å². The summed E-state index contributed by atoms with van der Waals surface area (Å²) in [4.78, 5) is 0.185. The van der Waals surface area contributed by atoms with Crippen LogP contribution in [-0.4, -0.2) is 24.8 Å². The third-order valence-corrected chi connectivity index (χ3v) is 5.45. The van der Waals surface area contributed by atoms with Gasteiger partial charge in [-0.05, 0) is 54.9 Å². The summed E-state index contributed by atoms with van der Waals surface area (Å²) in [5.74, 6) is 0. The van der Waals surface area contributed by atoms with Crippen molar-refractivity contribution in [2.75, 3.05) is 12.3 Å². The molecule has 0 radical (unpaired) electrons. The van der Waals surface area contributed by atoms with Crippen molar-refractivity contribution >= 4 is 31.6 Å². The van der Waals surface area contributed by atoms with E-state index < -0.39 is 15.6 Å². The molecule has 0 aliphatic heterocycles. The number of nitrogens with zero attached hydrogens (tertiary/aromatic N) is 1. The molecule has 0 heterocycles. The molecule has 4 nitrogen and oxygen atoms in total. The Bertz CT molecular complexity index is 577. The van der Waals surface area contributed by atoms with Crippen molar-refractivity contribution in [2.24, 2.45) is 0 Å². The van der Waals surface area contributed by atoms with E-state index in [1.54, 1.807) is 12.1 Å². The van der Waals surface area contributed by atoms with Crippen LogP contribution in [0.1, 0.15) is 20.8 Å². The predicted octanol–water partition coefficient (Wildman–Crippen LogP) is 3.01. The smallest absolute Gasteiger partial charge is 0.243 e.